The van der Waals surface area contributed by atoms with E-state index in [-0.39, 0.29) is 13.2 Å². The molecule has 0 aliphatic carbocycles. The Balaban J connectivity index is 4.47. The molecule has 0 aromatic carbocycles. The Hall–Kier alpha value is -0.340. The van der Waals surface area contributed by atoms with Gasteiger partial charge in [-0.3, -0.25) is 9.11 Å². The monoisotopic (exact) mass is 688 g/mol. The summed E-state index contributed by atoms with van der Waals surface area (Å²) in [6, 6.07) is 0. The van der Waals surface area contributed by atoms with E-state index in [9.17, 15) is 16.8 Å². The third-order valence-corrected chi connectivity index (χ3v) is 8.96. The first-order valence-electron chi connectivity index (χ1n) is 17.9. The molecule has 12 heteroatoms. The van der Waals surface area contributed by atoms with Gasteiger partial charge < -0.3 is 9.47 Å². The molecule has 0 heterocycles. The quantitative estimate of drug-likeness (QED) is 0.0483. The lowest BCUT2D eigenvalue weighted by Crippen LogP contribution is -2.43. The minimum atomic E-state index is -4.81. The van der Waals surface area contributed by atoms with Crippen LogP contribution in [0, 0.1) is 5.41 Å². The molecule has 0 saturated carbocycles. The number of ether oxygens (including phenoxy) is 2. The van der Waals surface area contributed by atoms with Gasteiger partial charge in [-0.25, -0.2) is 8.37 Å². The van der Waals surface area contributed by atoms with Gasteiger partial charge in [0.05, 0.1) is 31.8 Å². The largest absolute Gasteiger partial charge is 0.397 e. The fourth-order valence-corrected chi connectivity index (χ4v) is 6.11. The highest BCUT2D eigenvalue weighted by Crippen LogP contribution is 2.23. The summed E-state index contributed by atoms with van der Waals surface area (Å²) in [5.74, 6) is 0. The predicted molar refractivity (Wildman–Crippen MR) is 181 cm³/mol. The van der Waals surface area contributed by atoms with Crippen LogP contribution in [0.25, 0.3) is 0 Å². The molecular weight excluding hydrogens is 620 g/mol. The normalized spacial score (nSPS) is 12.7. The van der Waals surface area contributed by atoms with Crippen molar-refractivity contribution >= 4 is 20.8 Å². The fraction of sp³-hybridized carbons (Fsp3) is 1.00. The first kappa shape index (κ1) is 44.7. The molecule has 0 aliphatic heterocycles. The van der Waals surface area contributed by atoms with E-state index in [2.05, 4.69) is 22.2 Å². The first-order valence-corrected chi connectivity index (χ1v) is 20.7. The zero-order valence-corrected chi connectivity index (χ0v) is 30.3. The highest BCUT2D eigenvalue weighted by molar-refractivity contribution is 7.81. The average Bonchev–Trinajstić information content (AvgIpc) is 2.98. The van der Waals surface area contributed by atoms with Crippen molar-refractivity contribution in [2.75, 3.05) is 39.6 Å². The summed E-state index contributed by atoms with van der Waals surface area (Å²) in [6.45, 7) is 3.72. The van der Waals surface area contributed by atoms with Crippen molar-refractivity contribution in [2.45, 2.75) is 168 Å². The second kappa shape index (κ2) is 29.8. The number of hydrogen-bond donors (Lipinski definition) is 2. The van der Waals surface area contributed by atoms with Gasteiger partial charge in [0.25, 0.3) is 0 Å². The molecule has 2 N–H and O–H groups in total. The summed E-state index contributed by atoms with van der Waals surface area (Å²) < 4.78 is 84.4. The topological polar surface area (TPSA) is 146 Å². The van der Waals surface area contributed by atoms with Gasteiger partial charge in [0.15, 0.2) is 0 Å². The van der Waals surface area contributed by atoms with Crippen LogP contribution in [0.4, 0.5) is 0 Å². The van der Waals surface area contributed by atoms with E-state index >= 15 is 0 Å². The molecule has 0 amide bonds. The molecule has 45 heavy (non-hydrogen) atoms. The van der Waals surface area contributed by atoms with Crippen molar-refractivity contribution in [3.63, 3.8) is 0 Å². The highest BCUT2D eigenvalue weighted by atomic mass is 32.3. The number of hydrogen-bond acceptors (Lipinski definition) is 8. The van der Waals surface area contributed by atoms with E-state index in [4.69, 9.17) is 18.6 Å². The Morgan fingerprint density at radius 3 is 0.889 bits per heavy atom. The minimum Gasteiger partial charge on any atom is -0.381 e. The summed E-state index contributed by atoms with van der Waals surface area (Å²) >= 11 is 0. The summed E-state index contributed by atoms with van der Waals surface area (Å²) in [6.07, 6.45) is 28.9. The summed E-state index contributed by atoms with van der Waals surface area (Å²) in [7, 11) is -9.61. The Morgan fingerprint density at radius 2 is 0.644 bits per heavy atom. The SMILES string of the molecule is CCCCCCCCCCCCCCOCC(COCCCCCCCCCCCCCC)(COS(=O)(=O)O)COS(=O)(=O)O. The molecule has 0 atom stereocenters. The van der Waals surface area contributed by atoms with E-state index in [1.807, 2.05) is 0 Å². The van der Waals surface area contributed by atoms with Crippen molar-refractivity contribution < 1.29 is 43.8 Å². The molecule has 0 aliphatic rings. The predicted octanol–water partition coefficient (Wildman–Crippen LogP) is 9.05. The van der Waals surface area contributed by atoms with Crippen LogP contribution in [0.2, 0.25) is 0 Å². The van der Waals surface area contributed by atoms with Gasteiger partial charge >= 0.3 is 20.8 Å². The Kier molecular flexibility index (Phi) is 29.5. The average molecular weight is 689 g/mol. The van der Waals surface area contributed by atoms with Crippen LogP contribution in [0.15, 0.2) is 0 Å². The maximum absolute atomic E-state index is 11.3. The van der Waals surface area contributed by atoms with E-state index in [0.717, 1.165) is 38.5 Å². The molecule has 0 aromatic heterocycles. The maximum Gasteiger partial charge on any atom is 0.397 e. The lowest BCUT2D eigenvalue weighted by Gasteiger charge is -2.31. The molecule has 0 rings (SSSR count). The zero-order valence-electron chi connectivity index (χ0n) is 28.7. The molecule has 10 nitrogen and oxygen atoms in total. The Labute approximate surface area is 277 Å². The third-order valence-electron chi connectivity index (χ3n) is 8.13. The van der Waals surface area contributed by atoms with E-state index in [0.29, 0.717) is 13.2 Å². The fourth-order valence-electron chi connectivity index (χ4n) is 5.32. The van der Waals surface area contributed by atoms with Crippen LogP contribution in [-0.2, 0) is 38.6 Å². The van der Waals surface area contributed by atoms with Gasteiger partial charge in [0, 0.05) is 13.2 Å². The van der Waals surface area contributed by atoms with Crippen molar-refractivity contribution in [3.05, 3.63) is 0 Å². The molecular formula is C33H68O10S2. The molecule has 0 unspecified atom stereocenters. The smallest absolute Gasteiger partial charge is 0.381 e. The molecule has 0 bridgehead atoms. The Bertz CT molecular complexity index is 780. The van der Waals surface area contributed by atoms with Gasteiger partial charge in [-0.05, 0) is 12.8 Å². The molecule has 272 valence electrons. The molecule has 0 fully saturated rings. The lowest BCUT2D eigenvalue weighted by molar-refractivity contribution is -0.0683. The summed E-state index contributed by atoms with van der Waals surface area (Å²) in [5, 5.41) is 0. The zero-order chi connectivity index (χ0) is 33.5. The summed E-state index contributed by atoms with van der Waals surface area (Å²) in [4.78, 5) is 0. The number of unbranched alkanes of at least 4 members (excludes halogenated alkanes) is 22. The van der Waals surface area contributed by atoms with E-state index in [1.165, 1.54) is 116 Å². The molecule has 0 radical (unpaired) electrons. The van der Waals surface area contributed by atoms with Crippen LogP contribution in [0.1, 0.15) is 168 Å². The van der Waals surface area contributed by atoms with E-state index < -0.39 is 39.4 Å². The van der Waals surface area contributed by atoms with Crippen LogP contribution < -0.4 is 0 Å². The minimum absolute atomic E-state index is 0.130. The van der Waals surface area contributed by atoms with Gasteiger partial charge in [-0.15, -0.1) is 0 Å². The van der Waals surface area contributed by atoms with Gasteiger partial charge in [0.1, 0.15) is 0 Å². The van der Waals surface area contributed by atoms with Crippen molar-refractivity contribution in [1.82, 2.24) is 0 Å². The van der Waals surface area contributed by atoms with Crippen molar-refractivity contribution in [1.29, 1.82) is 0 Å². The second-order valence-electron chi connectivity index (χ2n) is 12.8. The van der Waals surface area contributed by atoms with Crippen LogP contribution in [0.5, 0.6) is 0 Å². The van der Waals surface area contributed by atoms with Crippen LogP contribution in [-0.4, -0.2) is 65.6 Å². The van der Waals surface area contributed by atoms with Gasteiger partial charge in [-0.2, -0.15) is 16.8 Å². The van der Waals surface area contributed by atoms with Crippen molar-refractivity contribution in [3.8, 4) is 0 Å². The maximum atomic E-state index is 11.3. The first-order chi connectivity index (χ1) is 21.5. The summed E-state index contributed by atoms with van der Waals surface area (Å²) in [5.41, 5.74) is -1.38. The van der Waals surface area contributed by atoms with E-state index in [1.54, 1.807) is 0 Å². The number of rotatable bonds is 36. The van der Waals surface area contributed by atoms with Gasteiger partial charge in [0.2, 0.25) is 0 Å². The van der Waals surface area contributed by atoms with Crippen LogP contribution >= 0.6 is 0 Å². The lowest BCUT2D eigenvalue weighted by atomic mass is 9.92. The Morgan fingerprint density at radius 1 is 0.400 bits per heavy atom. The standard InChI is InChI=1S/C33H68O10S2/c1-3-5-7-9-11-13-15-17-19-21-23-25-27-40-29-33(31-42-44(34,35)36,32-43-45(37,38)39)30-41-28-26-24-22-20-18-16-14-12-10-8-6-4-2/h3-32H2,1-2H3,(H,34,35,36)(H,37,38,39). The molecule has 0 aromatic rings. The molecule has 0 saturated heterocycles. The molecule has 0 spiro atoms. The highest BCUT2D eigenvalue weighted by Gasteiger charge is 2.36. The van der Waals surface area contributed by atoms with Gasteiger partial charge in [-0.1, -0.05) is 155 Å². The third kappa shape index (κ3) is 33.4. The van der Waals surface area contributed by atoms with Crippen LogP contribution in [0.3, 0.4) is 0 Å². The second-order valence-corrected chi connectivity index (χ2v) is 14.9. The van der Waals surface area contributed by atoms with Crippen molar-refractivity contribution in [2.24, 2.45) is 5.41 Å².